The lowest BCUT2D eigenvalue weighted by Gasteiger charge is -2.26. The number of hydrogen-bond donors (Lipinski definition) is 2. The molecule has 1 aliphatic rings. The monoisotopic (exact) mass is 473 g/mol. The van der Waals surface area contributed by atoms with E-state index in [9.17, 15) is 18.0 Å². The van der Waals surface area contributed by atoms with Crippen LogP contribution in [0.2, 0.25) is 5.02 Å². The molecular weight excluding hydrogens is 455 g/mol. The standard InChI is InChI=1S/C23H19ClF3N5O/c24-19-16(23(25,26)27)7-9-31-21(19)22(33)32-20(17-6-1-2-8-29-17)15-5-3-4-14(12-15)18-13-28-10-11-30-18/h3-7,9-13,20,29H,1-2,8H2,(H,32,33)/t20-/m0/s1. The third-order valence-corrected chi connectivity index (χ3v) is 5.53. The fraction of sp³-hybridized carbons (Fsp3) is 0.217. The molecule has 1 atom stereocenters. The van der Waals surface area contributed by atoms with Crippen molar-refractivity contribution in [3.63, 3.8) is 0 Å². The van der Waals surface area contributed by atoms with Gasteiger partial charge in [0.05, 0.1) is 28.5 Å². The van der Waals surface area contributed by atoms with Crippen molar-refractivity contribution in [3.8, 4) is 11.3 Å². The first-order valence-corrected chi connectivity index (χ1v) is 10.5. The first-order chi connectivity index (χ1) is 15.8. The average Bonchev–Trinajstić information content (AvgIpc) is 2.83. The molecular formula is C23H19ClF3N5O. The first kappa shape index (κ1) is 22.7. The van der Waals surface area contributed by atoms with Crippen molar-refractivity contribution in [2.45, 2.75) is 25.1 Å². The summed E-state index contributed by atoms with van der Waals surface area (Å²) < 4.78 is 39.7. The highest BCUT2D eigenvalue weighted by molar-refractivity contribution is 6.34. The van der Waals surface area contributed by atoms with Gasteiger partial charge in [-0.25, -0.2) is 4.98 Å². The molecule has 4 rings (SSSR count). The van der Waals surface area contributed by atoms with Gasteiger partial charge >= 0.3 is 6.18 Å². The zero-order valence-electron chi connectivity index (χ0n) is 17.2. The summed E-state index contributed by atoms with van der Waals surface area (Å²) in [5.74, 6) is -0.811. The summed E-state index contributed by atoms with van der Waals surface area (Å²) in [6.45, 7) is 0.713. The fourth-order valence-corrected chi connectivity index (χ4v) is 3.88. The summed E-state index contributed by atoms with van der Waals surface area (Å²) in [5, 5.41) is 5.33. The Bertz CT molecular complexity index is 1180. The second kappa shape index (κ2) is 9.58. The van der Waals surface area contributed by atoms with Crippen molar-refractivity contribution in [1.82, 2.24) is 25.6 Å². The Hall–Kier alpha value is -3.46. The van der Waals surface area contributed by atoms with Crippen LogP contribution in [0.5, 0.6) is 0 Å². The van der Waals surface area contributed by atoms with Crippen LogP contribution in [-0.2, 0) is 6.18 Å². The summed E-state index contributed by atoms with van der Waals surface area (Å²) in [4.78, 5) is 25.2. The van der Waals surface area contributed by atoms with E-state index in [2.05, 4.69) is 25.6 Å². The average molecular weight is 474 g/mol. The molecule has 0 saturated heterocycles. The third-order valence-electron chi connectivity index (χ3n) is 5.15. The van der Waals surface area contributed by atoms with Crippen molar-refractivity contribution in [1.29, 1.82) is 0 Å². The predicted octanol–water partition coefficient (Wildman–Crippen LogP) is 4.95. The number of allylic oxidation sites excluding steroid dienone is 1. The summed E-state index contributed by atoms with van der Waals surface area (Å²) in [6, 6.07) is 7.45. The highest BCUT2D eigenvalue weighted by Crippen LogP contribution is 2.36. The van der Waals surface area contributed by atoms with Crippen molar-refractivity contribution >= 4 is 17.5 Å². The van der Waals surface area contributed by atoms with Gasteiger partial charge in [-0.05, 0) is 30.5 Å². The number of nitrogens with one attached hydrogen (secondary N) is 2. The molecule has 0 spiro atoms. The molecule has 1 aliphatic heterocycles. The molecule has 10 heteroatoms. The number of alkyl halides is 3. The van der Waals surface area contributed by atoms with Crippen LogP contribution < -0.4 is 10.6 Å². The van der Waals surface area contributed by atoms with E-state index in [0.717, 1.165) is 41.9 Å². The minimum absolute atomic E-state index is 0.488. The summed E-state index contributed by atoms with van der Waals surface area (Å²) in [6.07, 6.45) is 4.69. The van der Waals surface area contributed by atoms with Crippen LogP contribution in [0.4, 0.5) is 13.2 Å². The van der Waals surface area contributed by atoms with E-state index < -0.39 is 34.4 Å². The lowest BCUT2D eigenvalue weighted by molar-refractivity contribution is -0.137. The van der Waals surface area contributed by atoms with Crippen molar-refractivity contribution in [3.05, 3.63) is 88.7 Å². The minimum atomic E-state index is -4.70. The lowest BCUT2D eigenvalue weighted by atomic mass is 9.97. The summed E-state index contributed by atoms with van der Waals surface area (Å²) in [5.41, 5.74) is 1.30. The molecule has 2 aromatic heterocycles. The van der Waals surface area contributed by atoms with Crippen molar-refractivity contribution in [2.24, 2.45) is 0 Å². The van der Waals surface area contributed by atoms with E-state index in [-0.39, 0.29) is 0 Å². The van der Waals surface area contributed by atoms with Crippen molar-refractivity contribution < 1.29 is 18.0 Å². The highest BCUT2D eigenvalue weighted by Gasteiger charge is 2.35. The quantitative estimate of drug-likeness (QED) is 0.548. The molecule has 33 heavy (non-hydrogen) atoms. The largest absolute Gasteiger partial charge is 0.417 e. The van der Waals surface area contributed by atoms with Gasteiger partial charge in [0.1, 0.15) is 5.69 Å². The molecule has 0 aliphatic carbocycles. The number of benzene rings is 1. The predicted molar refractivity (Wildman–Crippen MR) is 117 cm³/mol. The molecule has 0 unspecified atom stereocenters. The Morgan fingerprint density at radius 3 is 2.70 bits per heavy atom. The van der Waals surface area contributed by atoms with Crippen LogP contribution >= 0.6 is 11.6 Å². The maximum atomic E-state index is 13.2. The van der Waals surface area contributed by atoms with Crippen molar-refractivity contribution in [2.75, 3.05) is 6.54 Å². The lowest BCUT2D eigenvalue weighted by Crippen LogP contribution is -2.36. The van der Waals surface area contributed by atoms with Crippen LogP contribution in [0, 0.1) is 0 Å². The molecule has 2 N–H and O–H groups in total. The highest BCUT2D eigenvalue weighted by atomic mass is 35.5. The molecule has 0 fully saturated rings. The fourth-order valence-electron chi connectivity index (χ4n) is 3.57. The Balaban J connectivity index is 1.70. The van der Waals surface area contributed by atoms with E-state index in [1.807, 2.05) is 30.3 Å². The maximum absolute atomic E-state index is 13.2. The third kappa shape index (κ3) is 5.14. The summed E-state index contributed by atoms with van der Waals surface area (Å²) >= 11 is 5.92. The maximum Gasteiger partial charge on any atom is 0.417 e. The summed E-state index contributed by atoms with van der Waals surface area (Å²) in [7, 11) is 0. The number of rotatable bonds is 5. The van der Waals surface area contributed by atoms with Crippen LogP contribution in [0.3, 0.4) is 0 Å². The number of pyridine rings is 1. The molecule has 0 radical (unpaired) electrons. The zero-order chi connectivity index (χ0) is 23.4. The Morgan fingerprint density at radius 1 is 1.15 bits per heavy atom. The Kier molecular flexibility index (Phi) is 6.60. The van der Waals surface area contributed by atoms with Gasteiger partial charge < -0.3 is 10.6 Å². The van der Waals surface area contributed by atoms with Gasteiger partial charge in [-0.3, -0.25) is 14.8 Å². The number of amides is 1. The van der Waals surface area contributed by atoms with Gasteiger partial charge in [0, 0.05) is 36.4 Å². The van der Waals surface area contributed by atoms with Crippen LogP contribution in [-0.4, -0.2) is 27.4 Å². The molecule has 170 valence electrons. The molecule has 0 bridgehead atoms. The van der Waals surface area contributed by atoms with E-state index in [4.69, 9.17) is 11.6 Å². The number of aromatic nitrogens is 3. The SMILES string of the molecule is O=C(N[C@H](C1=CCCCN1)c1cccc(-c2cnccn2)c1)c1nccc(C(F)(F)F)c1Cl. The number of carbonyl (C=O) groups excluding carboxylic acids is 1. The number of carbonyl (C=O) groups is 1. The van der Waals surface area contributed by atoms with Crippen LogP contribution in [0.1, 0.15) is 40.5 Å². The molecule has 1 amide bonds. The van der Waals surface area contributed by atoms with E-state index in [1.54, 1.807) is 18.6 Å². The Labute approximate surface area is 192 Å². The van der Waals surface area contributed by atoms with Crippen LogP contribution in [0.25, 0.3) is 11.3 Å². The molecule has 3 heterocycles. The molecule has 1 aromatic carbocycles. The van der Waals surface area contributed by atoms with Crippen LogP contribution in [0.15, 0.2) is 66.9 Å². The second-order valence-electron chi connectivity index (χ2n) is 7.37. The first-order valence-electron chi connectivity index (χ1n) is 10.2. The molecule has 0 saturated carbocycles. The molecule has 6 nitrogen and oxygen atoms in total. The zero-order valence-corrected chi connectivity index (χ0v) is 18.0. The minimum Gasteiger partial charge on any atom is -0.387 e. The Morgan fingerprint density at radius 2 is 2.00 bits per heavy atom. The van der Waals surface area contributed by atoms with Gasteiger partial charge in [0.25, 0.3) is 5.91 Å². The van der Waals surface area contributed by atoms with E-state index in [0.29, 0.717) is 12.2 Å². The van der Waals surface area contributed by atoms with Gasteiger partial charge in [0.15, 0.2) is 0 Å². The molecule has 3 aromatic rings. The normalized spacial score (nSPS) is 14.7. The van der Waals surface area contributed by atoms with E-state index in [1.165, 1.54) is 0 Å². The smallest absolute Gasteiger partial charge is 0.387 e. The van der Waals surface area contributed by atoms with E-state index >= 15 is 0 Å². The second-order valence-corrected chi connectivity index (χ2v) is 7.75. The number of nitrogens with zero attached hydrogens (tertiary/aromatic N) is 3. The number of halogens is 4. The van der Waals surface area contributed by atoms with Gasteiger partial charge in [0.2, 0.25) is 0 Å². The van der Waals surface area contributed by atoms with Gasteiger partial charge in [-0.2, -0.15) is 13.2 Å². The number of hydrogen-bond acceptors (Lipinski definition) is 5. The topological polar surface area (TPSA) is 79.8 Å². The van der Waals surface area contributed by atoms with Gasteiger partial charge in [-0.1, -0.05) is 35.9 Å². The van der Waals surface area contributed by atoms with Gasteiger partial charge in [-0.15, -0.1) is 0 Å².